The zero-order valence-electron chi connectivity index (χ0n) is 12.6. The number of piperidine rings is 1. The lowest BCUT2D eigenvalue weighted by atomic mass is 10.0. The Hall–Kier alpha value is -1.52. The highest BCUT2D eigenvalue weighted by Gasteiger charge is 2.19. The maximum atomic E-state index is 12.0. The Morgan fingerprint density at radius 3 is 2.86 bits per heavy atom. The van der Waals surface area contributed by atoms with Gasteiger partial charge in [-0.1, -0.05) is 11.6 Å². The van der Waals surface area contributed by atoms with Gasteiger partial charge in [0.1, 0.15) is 0 Å². The third-order valence-corrected chi connectivity index (χ3v) is 3.68. The van der Waals surface area contributed by atoms with Crippen LogP contribution >= 0.6 is 11.6 Å². The minimum Gasteiger partial charge on any atom is -0.493 e. The number of hydrogen-bond donors (Lipinski definition) is 0. The van der Waals surface area contributed by atoms with Crippen LogP contribution in [0, 0.1) is 0 Å². The van der Waals surface area contributed by atoms with Crippen LogP contribution < -0.4 is 9.47 Å². The number of rotatable bonds is 4. The third-order valence-electron chi connectivity index (χ3n) is 3.40. The highest BCUT2D eigenvalue weighted by molar-refractivity contribution is 6.32. The number of likely N-dealkylation sites (N-methyl/N-ethyl adjacent to an activating group) is 1. The lowest BCUT2D eigenvalue weighted by molar-refractivity contribution is -0.117. The summed E-state index contributed by atoms with van der Waals surface area (Å²) >= 11 is 6.25. The average Bonchev–Trinajstić information content (AvgIpc) is 2.45. The van der Waals surface area contributed by atoms with Gasteiger partial charge >= 0.3 is 0 Å². The van der Waals surface area contributed by atoms with Crippen molar-refractivity contribution in [2.45, 2.75) is 13.3 Å². The Morgan fingerprint density at radius 1 is 1.43 bits per heavy atom. The number of carbonyl (C=O) groups is 1. The van der Waals surface area contributed by atoms with Gasteiger partial charge in [0.05, 0.1) is 18.7 Å². The van der Waals surface area contributed by atoms with Crippen molar-refractivity contribution in [2.75, 3.05) is 33.9 Å². The number of methoxy groups -OCH3 is 1. The maximum Gasteiger partial charge on any atom is 0.179 e. The van der Waals surface area contributed by atoms with Crippen molar-refractivity contribution in [3.05, 3.63) is 28.3 Å². The van der Waals surface area contributed by atoms with Gasteiger partial charge in [-0.2, -0.15) is 0 Å². The Morgan fingerprint density at radius 2 is 2.19 bits per heavy atom. The zero-order chi connectivity index (χ0) is 15.4. The molecule has 1 aromatic carbocycles. The van der Waals surface area contributed by atoms with Gasteiger partial charge in [0.2, 0.25) is 0 Å². The number of benzene rings is 1. The number of ether oxygens (including phenoxy) is 2. The number of ketones is 1. The number of halogens is 1. The first-order valence-corrected chi connectivity index (χ1v) is 7.35. The minimum absolute atomic E-state index is 0.192. The first kappa shape index (κ1) is 15.9. The number of likely N-dealkylation sites (tertiary alicyclic amines) is 1. The van der Waals surface area contributed by atoms with E-state index in [1.54, 1.807) is 13.2 Å². The molecule has 0 aromatic heterocycles. The monoisotopic (exact) mass is 309 g/mol. The molecule has 0 bridgehead atoms. The van der Waals surface area contributed by atoms with Crippen LogP contribution in [0.3, 0.4) is 0 Å². The van der Waals surface area contributed by atoms with Gasteiger partial charge in [-0.15, -0.1) is 0 Å². The normalized spacial score (nSPS) is 18.1. The van der Waals surface area contributed by atoms with Crippen LogP contribution in [-0.2, 0) is 4.79 Å². The van der Waals surface area contributed by atoms with E-state index in [2.05, 4.69) is 4.90 Å². The average molecular weight is 310 g/mol. The van der Waals surface area contributed by atoms with Gasteiger partial charge in [0, 0.05) is 25.1 Å². The van der Waals surface area contributed by atoms with Gasteiger partial charge in [-0.25, -0.2) is 0 Å². The largest absolute Gasteiger partial charge is 0.493 e. The molecule has 0 N–H and O–H groups in total. The van der Waals surface area contributed by atoms with Crippen molar-refractivity contribution in [2.24, 2.45) is 0 Å². The smallest absolute Gasteiger partial charge is 0.179 e. The van der Waals surface area contributed by atoms with E-state index in [1.165, 1.54) is 0 Å². The number of Topliss-reactive ketones (excluding diaryl/α,β-unsaturated/α-hetero) is 1. The summed E-state index contributed by atoms with van der Waals surface area (Å²) in [6, 6.07) is 3.63. The van der Waals surface area contributed by atoms with Gasteiger partial charge in [-0.3, -0.25) is 4.79 Å². The van der Waals surface area contributed by atoms with Crippen molar-refractivity contribution in [3.8, 4) is 11.5 Å². The summed E-state index contributed by atoms with van der Waals surface area (Å²) in [5, 5.41) is 0.486. The first-order chi connectivity index (χ1) is 10.0. The van der Waals surface area contributed by atoms with Crippen molar-refractivity contribution < 1.29 is 14.3 Å². The Kier molecular flexibility index (Phi) is 5.26. The van der Waals surface area contributed by atoms with Gasteiger partial charge in [0.15, 0.2) is 17.3 Å². The van der Waals surface area contributed by atoms with E-state index in [1.807, 2.05) is 26.1 Å². The summed E-state index contributed by atoms with van der Waals surface area (Å²) in [4.78, 5) is 14.1. The van der Waals surface area contributed by atoms with Crippen LogP contribution in [0.2, 0.25) is 5.02 Å². The van der Waals surface area contributed by atoms with E-state index in [4.69, 9.17) is 21.1 Å². The molecule has 2 rings (SSSR count). The Bertz CT molecular complexity index is 569. The molecule has 1 heterocycles. The second kappa shape index (κ2) is 6.96. The van der Waals surface area contributed by atoms with E-state index < -0.39 is 0 Å². The van der Waals surface area contributed by atoms with Crippen molar-refractivity contribution >= 4 is 23.5 Å². The summed E-state index contributed by atoms with van der Waals surface area (Å²) in [6.45, 7) is 3.87. The maximum absolute atomic E-state index is 12.0. The molecule has 0 aliphatic carbocycles. The molecule has 0 amide bonds. The SMILES string of the molecule is CCOc1c(Cl)cc(/C=C2\CN(C)CCC2=O)cc1OC. The van der Waals surface area contributed by atoms with E-state index >= 15 is 0 Å². The van der Waals surface area contributed by atoms with Crippen LogP contribution in [-0.4, -0.2) is 44.5 Å². The van der Waals surface area contributed by atoms with Crippen LogP contribution in [0.4, 0.5) is 0 Å². The molecule has 1 aliphatic heterocycles. The fourth-order valence-corrected chi connectivity index (χ4v) is 2.62. The molecule has 0 radical (unpaired) electrons. The fraction of sp³-hybridized carbons (Fsp3) is 0.438. The number of hydrogen-bond acceptors (Lipinski definition) is 4. The quantitative estimate of drug-likeness (QED) is 0.801. The highest BCUT2D eigenvalue weighted by atomic mass is 35.5. The first-order valence-electron chi connectivity index (χ1n) is 6.97. The molecule has 21 heavy (non-hydrogen) atoms. The summed E-state index contributed by atoms with van der Waals surface area (Å²) in [5.74, 6) is 1.31. The molecule has 1 saturated heterocycles. The summed E-state index contributed by atoms with van der Waals surface area (Å²) in [6.07, 6.45) is 2.44. The van der Waals surface area contributed by atoms with Crippen LogP contribution in [0.25, 0.3) is 6.08 Å². The van der Waals surface area contributed by atoms with Crippen LogP contribution in [0.1, 0.15) is 18.9 Å². The summed E-state index contributed by atoms with van der Waals surface area (Å²) < 4.78 is 10.8. The summed E-state index contributed by atoms with van der Waals surface area (Å²) in [7, 11) is 3.58. The van der Waals surface area contributed by atoms with Crippen molar-refractivity contribution in [1.82, 2.24) is 4.90 Å². The van der Waals surface area contributed by atoms with Gasteiger partial charge < -0.3 is 14.4 Å². The molecule has 1 aliphatic rings. The Balaban J connectivity index is 2.36. The molecular formula is C16H20ClNO3. The van der Waals surface area contributed by atoms with Crippen LogP contribution in [0.15, 0.2) is 17.7 Å². The molecule has 1 aromatic rings. The minimum atomic E-state index is 0.192. The molecule has 0 saturated carbocycles. The van der Waals surface area contributed by atoms with Gasteiger partial charge in [0.25, 0.3) is 0 Å². The van der Waals surface area contributed by atoms with Gasteiger partial charge in [-0.05, 0) is 37.7 Å². The molecule has 0 atom stereocenters. The Labute approximate surface area is 130 Å². The predicted molar refractivity (Wildman–Crippen MR) is 84.3 cm³/mol. The second-order valence-corrected chi connectivity index (χ2v) is 5.45. The number of nitrogens with zero attached hydrogens (tertiary/aromatic N) is 1. The molecular weight excluding hydrogens is 290 g/mol. The lowest BCUT2D eigenvalue weighted by Crippen LogP contribution is -2.32. The zero-order valence-corrected chi connectivity index (χ0v) is 13.4. The fourth-order valence-electron chi connectivity index (χ4n) is 2.35. The van der Waals surface area contributed by atoms with E-state index in [9.17, 15) is 4.79 Å². The molecule has 114 valence electrons. The van der Waals surface area contributed by atoms with Crippen molar-refractivity contribution in [1.29, 1.82) is 0 Å². The molecule has 4 nitrogen and oxygen atoms in total. The van der Waals surface area contributed by atoms with Crippen molar-refractivity contribution in [3.63, 3.8) is 0 Å². The second-order valence-electron chi connectivity index (χ2n) is 5.05. The highest BCUT2D eigenvalue weighted by Crippen LogP contribution is 2.37. The van der Waals surface area contributed by atoms with E-state index in [0.29, 0.717) is 36.1 Å². The molecule has 0 spiro atoms. The van der Waals surface area contributed by atoms with E-state index in [-0.39, 0.29) is 5.78 Å². The number of carbonyl (C=O) groups excluding carboxylic acids is 1. The summed E-state index contributed by atoms with van der Waals surface area (Å²) in [5.41, 5.74) is 1.64. The third kappa shape index (κ3) is 3.77. The topological polar surface area (TPSA) is 38.8 Å². The molecule has 0 unspecified atom stereocenters. The van der Waals surface area contributed by atoms with E-state index in [0.717, 1.165) is 17.7 Å². The predicted octanol–water partition coefficient (Wildman–Crippen LogP) is 3.04. The lowest BCUT2D eigenvalue weighted by Gasteiger charge is -2.23. The molecule has 1 fully saturated rings. The van der Waals surface area contributed by atoms with Crippen LogP contribution in [0.5, 0.6) is 11.5 Å². The molecule has 5 heteroatoms. The standard InChI is InChI=1S/C16H20ClNO3/c1-4-21-16-13(17)8-11(9-15(16)20-3)7-12-10-18(2)6-5-14(12)19/h7-9H,4-6,10H2,1-3H3/b12-7+.